The molecule has 2 aromatic heterocycles. The standard InChI is InChI=1S/C22H27N5S2/c1-17-12-22(29-25-21-15-28-16-24-21)23-13-20(17)26(2)19-8-10-27(11-9-19)14-18-6-4-3-5-7-18/h3-7,12-13,15-16,19,25H,8-11,14H2,1-2H3. The number of piperidine rings is 1. The van der Waals surface area contributed by atoms with Crippen LogP contribution in [0.3, 0.4) is 0 Å². The van der Waals surface area contributed by atoms with E-state index in [-0.39, 0.29) is 0 Å². The van der Waals surface area contributed by atoms with Gasteiger partial charge < -0.3 is 9.62 Å². The lowest BCUT2D eigenvalue weighted by Crippen LogP contribution is -2.43. The highest BCUT2D eigenvalue weighted by atomic mass is 32.2. The Bertz CT molecular complexity index is 893. The van der Waals surface area contributed by atoms with E-state index >= 15 is 0 Å². The molecule has 7 heteroatoms. The molecule has 3 heterocycles. The number of anilines is 2. The lowest BCUT2D eigenvalue weighted by molar-refractivity contribution is 0.203. The molecule has 29 heavy (non-hydrogen) atoms. The van der Waals surface area contributed by atoms with Crippen molar-refractivity contribution in [1.29, 1.82) is 0 Å². The predicted molar refractivity (Wildman–Crippen MR) is 124 cm³/mol. The van der Waals surface area contributed by atoms with Crippen LogP contribution >= 0.6 is 23.3 Å². The molecule has 4 rings (SSSR count). The molecule has 0 atom stereocenters. The van der Waals surface area contributed by atoms with E-state index in [9.17, 15) is 0 Å². The second-order valence-electron chi connectivity index (χ2n) is 7.49. The third kappa shape index (κ3) is 5.29. The highest BCUT2D eigenvalue weighted by Crippen LogP contribution is 2.28. The smallest absolute Gasteiger partial charge is 0.147 e. The van der Waals surface area contributed by atoms with Gasteiger partial charge in [0.15, 0.2) is 0 Å². The van der Waals surface area contributed by atoms with Crippen LogP contribution < -0.4 is 9.62 Å². The zero-order chi connectivity index (χ0) is 20.1. The second kappa shape index (κ2) is 9.61. The molecule has 1 N–H and O–H groups in total. The van der Waals surface area contributed by atoms with Crippen LogP contribution in [0, 0.1) is 6.92 Å². The topological polar surface area (TPSA) is 44.3 Å². The molecular weight excluding hydrogens is 398 g/mol. The molecule has 1 aliphatic heterocycles. The number of hydrogen-bond donors (Lipinski definition) is 1. The van der Waals surface area contributed by atoms with Crippen LogP contribution in [-0.4, -0.2) is 41.0 Å². The Labute approximate surface area is 181 Å². The van der Waals surface area contributed by atoms with Crippen LogP contribution in [0.4, 0.5) is 11.5 Å². The Balaban J connectivity index is 1.31. The lowest BCUT2D eigenvalue weighted by Gasteiger charge is -2.38. The van der Waals surface area contributed by atoms with Gasteiger partial charge >= 0.3 is 0 Å². The molecule has 0 unspecified atom stereocenters. The zero-order valence-corrected chi connectivity index (χ0v) is 18.5. The van der Waals surface area contributed by atoms with Crippen molar-refractivity contribution in [2.24, 2.45) is 0 Å². The van der Waals surface area contributed by atoms with Crippen LogP contribution in [0.2, 0.25) is 0 Å². The van der Waals surface area contributed by atoms with Crippen molar-refractivity contribution in [1.82, 2.24) is 14.9 Å². The van der Waals surface area contributed by atoms with Crippen molar-refractivity contribution in [3.8, 4) is 0 Å². The second-order valence-corrected chi connectivity index (χ2v) is 9.04. The summed E-state index contributed by atoms with van der Waals surface area (Å²) in [6, 6.07) is 13.5. The van der Waals surface area contributed by atoms with Gasteiger partial charge in [-0.25, -0.2) is 9.97 Å². The van der Waals surface area contributed by atoms with Gasteiger partial charge in [-0.1, -0.05) is 30.3 Å². The maximum Gasteiger partial charge on any atom is 0.147 e. The number of thiazole rings is 1. The molecular formula is C22H27N5S2. The number of benzene rings is 1. The minimum atomic E-state index is 0.564. The number of pyridine rings is 1. The summed E-state index contributed by atoms with van der Waals surface area (Å²) in [6.07, 6.45) is 4.38. The normalized spacial score (nSPS) is 15.4. The highest BCUT2D eigenvalue weighted by Gasteiger charge is 2.23. The number of nitrogens with zero attached hydrogens (tertiary/aromatic N) is 4. The first kappa shape index (κ1) is 20.2. The largest absolute Gasteiger partial charge is 0.370 e. The molecule has 1 fully saturated rings. The van der Waals surface area contributed by atoms with Gasteiger partial charge in [0.05, 0.1) is 17.4 Å². The van der Waals surface area contributed by atoms with Crippen LogP contribution in [0.1, 0.15) is 24.0 Å². The fraction of sp³-hybridized carbons (Fsp3) is 0.364. The third-order valence-corrected chi connectivity index (χ3v) is 6.81. The summed E-state index contributed by atoms with van der Waals surface area (Å²) < 4.78 is 3.24. The Hall–Kier alpha value is -2.09. The van der Waals surface area contributed by atoms with Crippen molar-refractivity contribution in [3.05, 3.63) is 64.6 Å². The zero-order valence-electron chi connectivity index (χ0n) is 16.9. The van der Waals surface area contributed by atoms with Crippen LogP contribution in [0.5, 0.6) is 0 Å². The minimum absolute atomic E-state index is 0.564. The van der Waals surface area contributed by atoms with E-state index < -0.39 is 0 Å². The van der Waals surface area contributed by atoms with E-state index in [4.69, 9.17) is 0 Å². The summed E-state index contributed by atoms with van der Waals surface area (Å²) >= 11 is 3.09. The monoisotopic (exact) mass is 425 g/mol. The van der Waals surface area contributed by atoms with Gasteiger partial charge in [0.2, 0.25) is 0 Å². The molecule has 0 aliphatic carbocycles. The molecule has 0 amide bonds. The Morgan fingerprint density at radius 2 is 2.00 bits per heavy atom. The number of rotatable bonds is 7. The van der Waals surface area contributed by atoms with E-state index in [0.29, 0.717) is 6.04 Å². The fourth-order valence-electron chi connectivity index (χ4n) is 3.82. The molecule has 0 radical (unpaired) electrons. The minimum Gasteiger partial charge on any atom is -0.370 e. The first-order valence-corrected chi connectivity index (χ1v) is 11.7. The maximum absolute atomic E-state index is 4.65. The van der Waals surface area contributed by atoms with Crippen LogP contribution in [0.15, 0.2) is 58.5 Å². The van der Waals surface area contributed by atoms with Gasteiger partial charge in [0, 0.05) is 50.1 Å². The van der Waals surface area contributed by atoms with Crippen molar-refractivity contribution in [2.75, 3.05) is 29.8 Å². The van der Waals surface area contributed by atoms with Crippen molar-refractivity contribution in [3.63, 3.8) is 0 Å². The number of nitrogens with one attached hydrogen (secondary N) is 1. The summed E-state index contributed by atoms with van der Waals surface area (Å²) in [5, 5.41) is 2.96. The average molecular weight is 426 g/mol. The van der Waals surface area contributed by atoms with Crippen LogP contribution in [-0.2, 0) is 6.54 Å². The maximum atomic E-state index is 4.65. The van der Waals surface area contributed by atoms with Crippen molar-refractivity contribution in [2.45, 2.75) is 37.4 Å². The van der Waals surface area contributed by atoms with E-state index in [2.05, 4.69) is 74.9 Å². The molecule has 0 spiro atoms. The van der Waals surface area contributed by atoms with Gasteiger partial charge in [-0.05, 0) is 37.0 Å². The molecule has 1 aliphatic rings. The SMILES string of the molecule is Cc1cc(SNc2cscn2)ncc1N(C)C1CCN(Cc2ccccc2)CC1. The van der Waals surface area contributed by atoms with Gasteiger partial charge in [-0.3, -0.25) is 4.90 Å². The molecule has 0 saturated carbocycles. The van der Waals surface area contributed by atoms with E-state index in [0.717, 1.165) is 30.5 Å². The first-order chi connectivity index (χ1) is 14.2. The van der Waals surface area contributed by atoms with E-state index in [1.54, 1.807) is 11.3 Å². The molecule has 1 saturated heterocycles. The Morgan fingerprint density at radius 3 is 2.69 bits per heavy atom. The summed E-state index contributed by atoms with van der Waals surface area (Å²) in [5.74, 6) is 0.878. The van der Waals surface area contributed by atoms with Gasteiger partial charge in [-0.2, -0.15) is 0 Å². The van der Waals surface area contributed by atoms with Crippen molar-refractivity contribution >= 4 is 34.8 Å². The lowest BCUT2D eigenvalue weighted by atomic mass is 10.0. The van der Waals surface area contributed by atoms with Gasteiger partial charge in [0.25, 0.3) is 0 Å². The number of likely N-dealkylation sites (tertiary alicyclic amines) is 1. The van der Waals surface area contributed by atoms with Crippen LogP contribution in [0.25, 0.3) is 0 Å². The number of hydrogen-bond acceptors (Lipinski definition) is 7. The molecule has 1 aromatic carbocycles. The molecule has 152 valence electrons. The fourth-order valence-corrected chi connectivity index (χ4v) is 5.04. The van der Waals surface area contributed by atoms with Gasteiger partial charge in [0.1, 0.15) is 10.8 Å². The quantitative estimate of drug-likeness (QED) is 0.534. The first-order valence-electron chi connectivity index (χ1n) is 9.96. The third-order valence-electron chi connectivity index (χ3n) is 5.48. The summed E-state index contributed by atoms with van der Waals surface area (Å²) in [5.41, 5.74) is 5.71. The average Bonchev–Trinajstić information content (AvgIpc) is 3.27. The van der Waals surface area contributed by atoms with E-state index in [1.165, 1.54) is 41.6 Å². The van der Waals surface area contributed by atoms with E-state index in [1.807, 2.05) is 17.1 Å². The Kier molecular flexibility index (Phi) is 6.69. The molecule has 0 bridgehead atoms. The van der Waals surface area contributed by atoms with Crippen molar-refractivity contribution < 1.29 is 0 Å². The number of aryl methyl sites for hydroxylation is 1. The molecule has 3 aromatic rings. The summed E-state index contributed by atoms with van der Waals surface area (Å²) in [6.45, 7) is 5.50. The summed E-state index contributed by atoms with van der Waals surface area (Å²) in [4.78, 5) is 13.9. The summed E-state index contributed by atoms with van der Waals surface area (Å²) in [7, 11) is 2.21. The number of aromatic nitrogens is 2. The van der Waals surface area contributed by atoms with Gasteiger partial charge in [-0.15, -0.1) is 11.3 Å². The Morgan fingerprint density at radius 1 is 1.21 bits per heavy atom. The highest BCUT2D eigenvalue weighted by molar-refractivity contribution is 8.00. The predicted octanol–water partition coefficient (Wildman–Crippen LogP) is 5.07. The molecule has 5 nitrogen and oxygen atoms in total.